The third-order valence-corrected chi connectivity index (χ3v) is 6.45. The Morgan fingerprint density at radius 2 is 1.94 bits per heavy atom. The van der Waals surface area contributed by atoms with E-state index in [1.165, 1.54) is 0 Å². The number of hydrogen-bond acceptors (Lipinski definition) is 8. The number of nitrogens with one attached hydrogen (secondary N) is 2. The Kier molecular flexibility index (Phi) is 5.18. The molecule has 0 saturated carbocycles. The number of nitrogens with zero attached hydrogens (tertiary/aromatic N) is 5. The van der Waals surface area contributed by atoms with E-state index in [-0.39, 0.29) is 11.8 Å². The second-order valence-corrected chi connectivity index (χ2v) is 8.15. The van der Waals surface area contributed by atoms with Crippen LogP contribution in [0, 0.1) is 22.7 Å². The Morgan fingerprint density at radius 1 is 1.16 bits per heavy atom. The summed E-state index contributed by atoms with van der Waals surface area (Å²) in [6.45, 7) is 5.20. The fraction of sp³-hybridized carbons (Fsp3) is 0.455. The van der Waals surface area contributed by atoms with Crippen molar-refractivity contribution in [3.05, 3.63) is 36.5 Å². The van der Waals surface area contributed by atoms with Crippen LogP contribution in [0.15, 0.2) is 36.5 Å². The molecule has 0 bridgehead atoms. The minimum Gasteiger partial charge on any atom is -0.378 e. The summed E-state index contributed by atoms with van der Waals surface area (Å²) in [6.07, 6.45) is 2.17. The second-order valence-electron chi connectivity index (χ2n) is 8.15. The summed E-state index contributed by atoms with van der Waals surface area (Å²) in [5.41, 5.74) is 1.08. The molecule has 0 spiro atoms. The van der Waals surface area contributed by atoms with Crippen LogP contribution in [-0.2, 0) is 9.53 Å². The van der Waals surface area contributed by atoms with E-state index < -0.39 is 5.41 Å². The lowest BCUT2D eigenvalue weighted by molar-refractivity contribution is -0.126. The first-order valence-corrected chi connectivity index (χ1v) is 10.7. The number of amides is 1. The SMILES string of the molecule is N#CC1(C2CNC2)CCN(c2ccnc(Nc3ccc(N4CCOCC4)cc3)n2)C1=O. The zero-order chi connectivity index (χ0) is 21.3. The van der Waals surface area contributed by atoms with Crippen LogP contribution < -0.4 is 20.4 Å². The van der Waals surface area contributed by atoms with E-state index in [1.807, 2.05) is 12.1 Å². The summed E-state index contributed by atoms with van der Waals surface area (Å²) >= 11 is 0. The Labute approximate surface area is 181 Å². The molecule has 1 unspecified atom stereocenters. The molecule has 1 amide bonds. The molecule has 3 aliphatic heterocycles. The standard InChI is InChI=1S/C22H25N7O2/c23-15-22(16-13-24-14-16)6-8-29(20(22)30)19-5-7-25-21(27-19)26-17-1-3-18(4-2-17)28-9-11-31-12-10-28/h1-5,7,16,24H,6,8-14H2,(H,25,26,27). The van der Waals surface area contributed by atoms with Crippen molar-refractivity contribution in [2.24, 2.45) is 11.3 Å². The van der Waals surface area contributed by atoms with Gasteiger partial charge in [0, 0.05) is 56.2 Å². The summed E-state index contributed by atoms with van der Waals surface area (Å²) < 4.78 is 5.41. The van der Waals surface area contributed by atoms with E-state index in [9.17, 15) is 10.1 Å². The third kappa shape index (κ3) is 3.58. The van der Waals surface area contributed by atoms with Crippen LogP contribution in [0.3, 0.4) is 0 Å². The number of rotatable bonds is 5. The van der Waals surface area contributed by atoms with Gasteiger partial charge >= 0.3 is 0 Å². The molecule has 3 fully saturated rings. The van der Waals surface area contributed by atoms with Crippen LogP contribution in [-0.4, -0.2) is 61.8 Å². The number of anilines is 4. The van der Waals surface area contributed by atoms with Gasteiger partial charge in [-0.1, -0.05) is 0 Å². The van der Waals surface area contributed by atoms with Gasteiger partial charge in [0.05, 0.1) is 19.3 Å². The van der Waals surface area contributed by atoms with Crippen LogP contribution in [0.2, 0.25) is 0 Å². The molecule has 0 aliphatic carbocycles. The maximum absolute atomic E-state index is 13.1. The third-order valence-electron chi connectivity index (χ3n) is 6.45. The molecule has 31 heavy (non-hydrogen) atoms. The summed E-state index contributed by atoms with van der Waals surface area (Å²) in [6, 6.07) is 12.1. The van der Waals surface area contributed by atoms with Crippen LogP contribution >= 0.6 is 0 Å². The van der Waals surface area contributed by atoms with Gasteiger partial charge in [-0.15, -0.1) is 0 Å². The maximum Gasteiger partial charge on any atom is 0.249 e. The number of aromatic nitrogens is 2. The first-order valence-electron chi connectivity index (χ1n) is 10.7. The van der Waals surface area contributed by atoms with Gasteiger partial charge < -0.3 is 20.3 Å². The Hall–Kier alpha value is -3.22. The summed E-state index contributed by atoms with van der Waals surface area (Å²) in [4.78, 5) is 25.9. The fourth-order valence-corrected chi connectivity index (χ4v) is 4.43. The number of ether oxygens (including phenoxy) is 1. The lowest BCUT2D eigenvalue weighted by Gasteiger charge is -2.36. The van der Waals surface area contributed by atoms with E-state index in [4.69, 9.17) is 4.74 Å². The predicted octanol–water partition coefficient (Wildman–Crippen LogP) is 1.52. The van der Waals surface area contributed by atoms with Crippen molar-refractivity contribution in [1.82, 2.24) is 15.3 Å². The zero-order valence-corrected chi connectivity index (χ0v) is 17.3. The number of carbonyl (C=O) groups excluding carboxylic acids is 1. The highest BCUT2D eigenvalue weighted by Gasteiger charge is 2.54. The topological polar surface area (TPSA) is 106 Å². The molecule has 1 atom stereocenters. The van der Waals surface area contributed by atoms with Gasteiger partial charge in [-0.05, 0) is 36.8 Å². The molecule has 2 N–H and O–H groups in total. The van der Waals surface area contributed by atoms with Crippen LogP contribution in [0.25, 0.3) is 0 Å². The molecule has 0 radical (unpaired) electrons. The van der Waals surface area contributed by atoms with Gasteiger partial charge in [0.15, 0.2) is 0 Å². The highest BCUT2D eigenvalue weighted by atomic mass is 16.5. The Balaban J connectivity index is 1.29. The number of benzene rings is 1. The maximum atomic E-state index is 13.1. The number of morpholine rings is 1. The molecule has 3 saturated heterocycles. The average molecular weight is 419 g/mol. The Bertz CT molecular complexity index is 996. The summed E-state index contributed by atoms with van der Waals surface area (Å²) in [5.74, 6) is 0.862. The molecule has 160 valence electrons. The van der Waals surface area contributed by atoms with Crippen molar-refractivity contribution in [2.75, 3.05) is 61.1 Å². The van der Waals surface area contributed by atoms with Gasteiger partial charge in [0.2, 0.25) is 11.9 Å². The van der Waals surface area contributed by atoms with Crippen molar-refractivity contribution in [3.63, 3.8) is 0 Å². The largest absolute Gasteiger partial charge is 0.378 e. The second kappa shape index (κ2) is 8.13. The molecule has 3 aliphatic rings. The minimum absolute atomic E-state index is 0.0689. The molecular formula is C22H25N7O2. The lowest BCUT2D eigenvalue weighted by atomic mass is 9.72. The normalized spacial score (nSPS) is 24.0. The van der Waals surface area contributed by atoms with Crippen molar-refractivity contribution < 1.29 is 9.53 Å². The molecule has 9 nitrogen and oxygen atoms in total. The van der Waals surface area contributed by atoms with Gasteiger partial charge in [-0.3, -0.25) is 9.69 Å². The molecular weight excluding hydrogens is 394 g/mol. The monoisotopic (exact) mass is 419 g/mol. The van der Waals surface area contributed by atoms with E-state index in [1.54, 1.807) is 17.2 Å². The lowest BCUT2D eigenvalue weighted by Crippen LogP contribution is -2.54. The minimum atomic E-state index is -0.945. The quantitative estimate of drug-likeness (QED) is 0.751. The van der Waals surface area contributed by atoms with Gasteiger partial charge in [0.1, 0.15) is 11.2 Å². The van der Waals surface area contributed by atoms with E-state index >= 15 is 0 Å². The predicted molar refractivity (Wildman–Crippen MR) is 116 cm³/mol. The van der Waals surface area contributed by atoms with E-state index in [0.29, 0.717) is 37.8 Å². The molecule has 9 heteroatoms. The molecule has 4 heterocycles. The first kappa shape index (κ1) is 19.7. The van der Waals surface area contributed by atoms with E-state index in [0.717, 1.165) is 37.7 Å². The van der Waals surface area contributed by atoms with Crippen molar-refractivity contribution in [2.45, 2.75) is 6.42 Å². The van der Waals surface area contributed by atoms with Crippen molar-refractivity contribution in [3.8, 4) is 6.07 Å². The highest BCUT2D eigenvalue weighted by Crippen LogP contribution is 2.42. The fourth-order valence-electron chi connectivity index (χ4n) is 4.43. The smallest absolute Gasteiger partial charge is 0.249 e. The zero-order valence-electron chi connectivity index (χ0n) is 17.3. The molecule has 1 aromatic carbocycles. The molecule has 1 aromatic heterocycles. The summed E-state index contributed by atoms with van der Waals surface area (Å²) in [7, 11) is 0. The number of nitriles is 1. The number of hydrogen-bond donors (Lipinski definition) is 2. The van der Waals surface area contributed by atoms with Gasteiger partial charge in [-0.2, -0.15) is 10.2 Å². The van der Waals surface area contributed by atoms with Crippen molar-refractivity contribution in [1.29, 1.82) is 5.26 Å². The summed E-state index contributed by atoms with van der Waals surface area (Å²) in [5, 5.41) is 16.2. The Morgan fingerprint density at radius 3 is 2.61 bits per heavy atom. The molecule has 5 rings (SSSR count). The highest BCUT2D eigenvalue weighted by molar-refractivity contribution is 6.01. The van der Waals surface area contributed by atoms with Gasteiger partial charge in [-0.25, -0.2) is 4.98 Å². The van der Waals surface area contributed by atoms with Crippen LogP contribution in [0.5, 0.6) is 0 Å². The number of carbonyl (C=O) groups is 1. The van der Waals surface area contributed by atoms with Crippen molar-refractivity contribution >= 4 is 29.0 Å². The van der Waals surface area contributed by atoms with Crippen LogP contribution in [0.4, 0.5) is 23.1 Å². The van der Waals surface area contributed by atoms with Crippen LogP contribution in [0.1, 0.15) is 6.42 Å². The average Bonchev–Trinajstić information content (AvgIpc) is 3.11. The van der Waals surface area contributed by atoms with E-state index in [2.05, 4.69) is 43.7 Å². The van der Waals surface area contributed by atoms with Gasteiger partial charge in [0.25, 0.3) is 0 Å². The molecule has 2 aromatic rings. The first-order chi connectivity index (χ1) is 15.2.